The molecule has 0 aromatic carbocycles. The number of hydrogen-bond acceptors (Lipinski definition) is 6. The molecule has 0 aliphatic carbocycles. The summed E-state index contributed by atoms with van der Waals surface area (Å²) in [6.07, 6.45) is 7.95. The average Bonchev–Trinajstić information content (AvgIpc) is 3.04. The van der Waals surface area contributed by atoms with Crippen molar-refractivity contribution in [3.8, 4) is 0 Å². The van der Waals surface area contributed by atoms with Gasteiger partial charge in [-0.25, -0.2) is 9.97 Å². The molecular weight excluding hydrogens is 350 g/mol. The SMILES string of the molecule is Cn1ncc2c(NC3CCCN(Cc4cccnc4)C3)nc(C(C)(C)C)nc21. The summed E-state index contributed by atoms with van der Waals surface area (Å²) >= 11 is 0. The molecule has 1 atom stereocenters. The van der Waals surface area contributed by atoms with E-state index in [-0.39, 0.29) is 5.41 Å². The van der Waals surface area contributed by atoms with E-state index >= 15 is 0 Å². The molecule has 1 aliphatic heterocycles. The Labute approximate surface area is 166 Å². The van der Waals surface area contributed by atoms with E-state index in [0.717, 1.165) is 48.7 Å². The lowest BCUT2D eigenvalue weighted by atomic mass is 9.95. The van der Waals surface area contributed by atoms with Crippen LogP contribution in [0.2, 0.25) is 0 Å². The summed E-state index contributed by atoms with van der Waals surface area (Å²) in [6.45, 7) is 9.48. The zero-order valence-electron chi connectivity index (χ0n) is 17.2. The molecule has 0 spiro atoms. The Morgan fingerprint density at radius 1 is 1.21 bits per heavy atom. The van der Waals surface area contributed by atoms with E-state index in [4.69, 9.17) is 9.97 Å². The number of aryl methyl sites for hydroxylation is 1. The summed E-state index contributed by atoms with van der Waals surface area (Å²) in [5, 5.41) is 9.09. The molecule has 0 amide bonds. The zero-order chi connectivity index (χ0) is 19.7. The summed E-state index contributed by atoms with van der Waals surface area (Å²) in [5.74, 6) is 1.74. The Hall–Kier alpha value is -2.54. The lowest BCUT2D eigenvalue weighted by Gasteiger charge is -2.33. The standard InChI is InChI=1S/C21H29N7/c1-21(2,3)20-25-18(17-12-23-27(4)19(17)26-20)24-16-8-6-10-28(14-16)13-15-7-5-9-22-11-15/h5,7,9,11-12,16H,6,8,10,13-14H2,1-4H3,(H,24,25,26). The van der Waals surface area contributed by atoms with E-state index in [2.05, 4.69) is 47.1 Å². The number of fused-ring (bicyclic) bond motifs is 1. The van der Waals surface area contributed by atoms with Crippen LogP contribution < -0.4 is 5.32 Å². The predicted octanol–water partition coefficient (Wildman–Crippen LogP) is 3.13. The quantitative estimate of drug-likeness (QED) is 0.751. The van der Waals surface area contributed by atoms with Gasteiger partial charge in [-0.05, 0) is 31.0 Å². The van der Waals surface area contributed by atoms with Crippen LogP contribution in [-0.4, -0.2) is 48.8 Å². The van der Waals surface area contributed by atoms with Crippen molar-refractivity contribution in [1.82, 2.24) is 29.6 Å². The van der Waals surface area contributed by atoms with Crippen LogP contribution in [0.15, 0.2) is 30.7 Å². The third kappa shape index (κ3) is 3.99. The molecule has 7 nitrogen and oxygen atoms in total. The minimum Gasteiger partial charge on any atom is -0.365 e. The van der Waals surface area contributed by atoms with E-state index in [1.165, 1.54) is 12.0 Å². The van der Waals surface area contributed by atoms with Crippen LogP contribution in [0.25, 0.3) is 11.0 Å². The maximum atomic E-state index is 4.88. The third-order valence-electron chi connectivity index (χ3n) is 5.24. The van der Waals surface area contributed by atoms with E-state index < -0.39 is 0 Å². The Morgan fingerprint density at radius 2 is 2.07 bits per heavy atom. The molecule has 0 saturated carbocycles. The molecule has 3 aromatic rings. The first kappa shape index (κ1) is 18.8. The highest BCUT2D eigenvalue weighted by molar-refractivity contribution is 5.86. The number of hydrogen-bond donors (Lipinski definition) is 1. The fourth-order valence-electron chi connectivity index (χ4n) is 3.73. The van der Waals surface area contributed by atoms with Crippen LogP contribution in [0.3, 0.4) is 0 Å². The summed E-state index contributed by atoms with van der Waals surface area (Å²) in [6, 6.07) is 4.50. The summed E-state index contributed by atoms with van der Waals surface area (Å²) in [7, 11) is 1.93. The van der Waals surface area contributed by atoms with Crippen LogP contribution in [0.4, 0.5) is 5.82 Å². The second kappa shape index (κ2) is 7.47. The van der Waals surface area contributed by atoms with Gasteiger partial charge in [0.1, 0.15) is 11.6 Å². The van der Waals surface area contributed by atoms with Crippen molar-refractivity contribution in [1.29, 1.82) is 0 Å². The minimum atomic E-state index is -0.117. The van der Waals surface area contributed by atoms with Gasteiger partial charge in [-0.3, -0.25) is 14.6 Å². The van der Waals surface area contributed by atoms with Gasteiger partial charge in [0.15, 0.2) is 5.65 Å². The molecule has 4 rings (SSSR count). The van der Waals surface area contributed by atoms with Gasteiger partial charge in [-0.2, -0.15) is 5.10 Å². The monoisotopic (exact) mass is 379 g/mol. The minimum absolute atomic E-state index is 0.117. The first-order valence-electron chi connectivity index (χ1n) is 9.98. The Bertz CT molecular complexity index is 943. The van der Waals surface area contributed by atoms with E-state index in [1.54, 1.807) is 0 Å². The van der Waals surface area contributed by atoms with Crippen molar-refractivity contribution in [2.45, 2.75) is 51.6 Å². The topological polar surface area (TPSA) is 71.8 Å². The maximum absolute atomic E-state index is 4.88. The van der Waals surface area contributed by atoms with Gasteiger partial charge >= 0.3 is 0 Å². The number of nitrogens with zero attached hydrogens (tertiary/aromatic N) is 6. The number of piperidine rings is 1. The lowest BCUT2D eigenvalue weighted by Crippen LogP contribution is -2.41. The normalized spacial score (nSPS) is 18.5. The molecule has 0 bridgehead atoms. The Kier molecular flexibility index (Phi) is 5.02. The molecule has 7 heteroatoms. The third-order valence-corrected chi connectivity index (χ3v) is 5.24. The van der Waals surface area contributed by atoms with Gasteiger partial charge in [-0.1, -0.05) is 26.8 Å². The molecule has 1 unspecified atom stereocenters. The Balaban J connectivity index is 1.55. The van der Waals surface area contributed by atoms with Gasteiger partial charge in [0.25, 0.3) is 0 Å². The van der Waals surface area contributed by atoms with E-state index in [1.807, 2.05) is 36.4 Å². The number of likely N-dealkylation sites (tertiary alicyclic amines) is 1. The molecule has 3 aromatic heterocycles. The van der Waals surface area contributed by atoms with Gasteiger partial charge < -0.3 is 5.32 Å². The fraction of sp³-hybridized carbons (Fsp3) is 0.524. The first-order chi connectivity index (χ1) is 13.4. The van der Waals surface area contributed by atoms with Crippen molar-refractivity contribution in [3.05, 3.63) is 42.1 Å². The summed E-state index contributed by atoms with van der Waals surface area (Å²) in [5.41, 5.74) is 2.02. The average molecular weight is 380 g/mol. The molecule has 1 aliphatic rings. The summed E-state index contributed by atoms with van der Waals surface area (Å²) in [4.78, 5) is 16.4. The first-order valence-corrected chi connectivity index (χ1v) is 9.98. The number of nitrogens with one attached hydrogen (secondary N) is 1. The van der Waals surface area contributed by atoms with Gasteiger partial charge in [0.2, 0.25) is 0 Å². The number of anilines is 1. The van der Waals surface area contributed by atoms with Crippen LogP contribution in [0.1, 0.15) is 45.0 Å². The smallest absolute Gasteiger partial charge is 0.163 e. The van der Waals surface area contributed by atoms with Crippen molar-refractivity contribution >= 4 is 16.9 Å². The molecule has 1 saturated heterocycles. The summed E-state index contributed by atoms with van der Waals surface area (Å²) < 4.78 is 1.83. The largest absolute Gasteiger partial charge is 0.365 e. The number of pyridine rings is 1. The van der Waals surface area contributed by atoms with Crippen molar-refractivity contribution in [2.75, 3.05) is 18.4 Å². The molecule has 0 radical (unpaired) electrons. The van der Waals surface area contributed by atoms with E-state index in [9.17, 15) is 0 Å². The predicted molar refractivity (Wildman–Crippen MR) is 111 cm³/mol. The molecule has 148 valence electrons. The van der Waals surface area contributed by atoms with Crippen LogP contribution in [0.5, 0.6) is 0 Å². The van der Waals surface area contributed by atoms with Crippen LogP contribution >= 0.6 is 0 Å². The number of rotatable bonds is 4. The molecule has 1 N–H and O–H groups in total. The molecule has 28 heavy (non-hydrogen) atoms. The van der Waals surface area contributed by atoms with Gasteiger partial charge in [0, 0.05) is 44.0 Å². The van der Waals surface area contributed by atoms with Crippen molar-refractivity contribution < 1.29 is 0 Å². The highest BCUT2D eigenvalue weighted by atomic mass is 15.3. The zero-order valence-corrected chi connectivity index (χ0v) is 17.2. The highest BCUT2D eigenvalue weighted by Gasteiger charge is 2.24. The highest BCUT2D eigenvalue weighted by Crippen LogP contribution is 2.27. The maximum Gasteiger partial charge on any atom is 0.163 e. The second-order valence-electron chi connectivity index (χ2n) is 8.73. The Morgan fingerprint density at radius 3 is 2.82 bits per heavy atom. The molecular formula is C21H29N7. The van der Waals surface area contributed by atoms with Gasteiger partial charge in [0.05, 0.1) is 11.6 Å². The van der Waals surface area contributed by atoms with Gasteiger partial charge in [-0.15, -0.1) is 0 Å². The second-order valence-corrected chi connectivity index (χ2v) is 8.73. The van der Waals surface area contributed by atoms with Crippen LogP contribution in [0, 0.1) is 0 Å². The van der Waals surface area contributed by atoms with Crippen molar-refractivity contribution in [2.24, 2.45) is 7.05 Å². The lowest BCUT2D eigenvalue weighted by molar-refractivity contribution is 0.208. The van der Waals surface area contributed by atoms with Crippen molar-refractivity contribution in [3.63, 3.8) is 0 Å². The fourth-order valence-corrected chi connectivity index (χ4v) is 3.73. The van der Waals surface area contributed by atoms with Crippen LogP contribution in [-0.2, 0) is 19.0 Å². The molecule has 4 heterocycles. The molecule has 1 fully saturated rings. The van der Waals surface area contributed by atoms with E-state index in [0.29, 0.717) is 6.04 Å². The number of aromatic nitrogens is 5.